The van der Waals surface area contributed by atoms with Crippen LogP contribution in [0.15, 0.2) is 0 Å². The third-order valence-electron chi connectivity index (χ3n) is 3.78. The van der Waals surface area contributed by atoms with Gasteiger partial charge in [0.1, 0.15) is 6.04 Å². The van der Waals surface area contributed by atoms with Crippen molar-refractivity contribution in [2.45, 2.75) is 39.3 Å². The molecule has 0 saturated carbocycles. The van der Waals surface area contributed by atoms with Gasteiger partial charge >= 0.3 is 12.0 Å². The zero-order valence-corrected chi connectivity index (χ0v) is 13.1. The molecule has 3 atom stereocenters. The van der Waals surface area contributed by atoms with Gasteiger partial charge in [-0.25, -0.2) is 9.59 Å². The highest BCUT2D eigenvalue weighted by atomic mass is 16.5. The van der Waals surface area contributed by atoms with Crippen LogP contribution in [0.1, 0.15) is 27.2 Å². The fourth-order valence-electron chi connectivity index (χ4n) is 2.31. The lowest BCUT2D eigenvalue weighted by atomic mass is 9.99. The SMILES string of the molecule is CC[C@H](C)[C@H](NC(=O)NC(C)CN1CCOCC1)C(=O)O. The van der Waals surface area contributed by atoms with Gasteiger partial charge in [0.15, 0.2) is 0 Å². The fourth-order valence-corrected chi connectivity index (χ4v) is 2.31. The molecule has 1 rings (SSSR count). The van der Waals surface area contributed by atoms with Gasteiger partial charge in [-0.3, -0.25) is 4.90 Å². The van der Waals surface area contributed by atoms with Crippen molar-refractivity contribution in [1.29, 1.82) is 0 Å². The summed E-state index contributed by atoms with van der Waals surface area (Å²) in [5.74, 6) is -1.11. The lowest BCUT2D eigenvalue weighted by molar-refractivity contribution is -0.140. The molecule has 1 aliphatic heterocycles. The Bertz CT molecular complexity index is 345. The van der Waals surface area contributed by atoms with E-state index in [2.05, 4.69) is 15.5 Å². The van der Waals surface area contributed by atoms with E-state index < -0.39 is 18.0 Å². The summed E-state index contributed by atoms with van der Waals surface area (Å²) in [4.78, 5) is 25.3. The Hall–Kier alpha value is -1.34. The topological polar surface area (TPSA) is 90.9 Å². The van der Waals surface area contributed by atoms with Crippen molar-refractivity contribution in [2.24, 2.45) is 5.92 Å². The highest BCUT2D eigenvalue weighted by Gasteiger charge is 2.26. The summed E-state index contributed by atoms with van der Waals surface area (Å²) in [7, 11) is 0. The zero-order chi connectivity index (χ0) is 15.8. The van der Waals surface area contributed by atoms with Crippen LogP contribution in [0.25, 0.3) is 0 Å². The summed E-state index contributed by atoms with van der Waals surface area (Å²) in [5.41, 5.74) is 0. The Morgan fingerprint density at radius 3 is 2.38 bits per heavy atom. The minimum absolute atomic E-state index is 0.0468. The first-order chi connectivity index (χ1) is 9.93. The molecule has 0 aromatic carbocycles. The van der Waals surface area contributed by atoms with Crippen LogP contribution in [0.3, 0.4) is 0 Å². The van der Waals surface area contributed by atoms with Crippen LogP contribution in [0.5, 0.6) is 0 Å². The molecule has 1 fully saturated rings. The van der Waals surface area contributed by atoms with E-state index in [1.165, 1.54) is 0 Å². The van der Waals surface area contributed by atoms with Gasteiger partial charge in [-0.2, -0.15) is 0 Å². The highest BCUT2D eigenvalue weighted by molar-refractivity contribution is 5.82. The van der Waals surface area contributed by atoms with Crippen molar-refractivity contribution in [1.82, 2.24) is 15.5 Å². The van der Waals surface area contributed by atoms with Gasteiger partial charge in [0.25, 0.3) is 0 Å². The Labute approximate surface area is 126 Å². The standard InChI is InChI=1S/C14H27N3O4/c1-4-10(2)12(13(18)19)16-14(20)15-11(3)9-17-5-7-21-8-6-17/h10-12H,4-9H2,1-3H3,(H,18,19)(H2,15,16,20)/t10-,11?,12-/m0/s1. The Morgan fingerprint density at radius 1 is 1.24 bits per heavy atom. The van der Waals surface area contributed by atoms with E-state index >= 15 is 0 Å². The molecule has 0 radical (unpaired) electrons. The molecule has 0 aromatic heterocycles. The van der Waals surface area contributed by atoms with E-state index in [0.29, 0.717) is 19.6 Å². The second-order valence-corrected chi connectivity index (χ2v) is 5.63. The summed E-state index contributed by atoms with van der Waals surface area (Å²) >= 11 is 0. The van der Waals surface area contributed by atoms with Crippen molar-refractivity contribution in [2.75, 3.05) is 32.8 Å². The Balaban J connectivity index is 2.38. The maximum atomic E-state index is 11.9. The molecule has 2 amide bonds. The van der Waals surface area contributed by atoms with E-state index in [-0.39, 0.29) is 12.0 Å². The molecule has 0 aromatic rings. The maximum absolute atomic E-state index is 11.9. The number of rotatable bonds is 7. The zero-order valence-electron chi connectivity index (χ0n) is 13.1. The number of amides is 2. The van der Waals surface area contributed by atoms with E-state index in [0.717, 1.165) is 19.6 Å². The van der Waals surface area contributed by atoms with Crippen LogP contribution in [0, 0.1) is 5.92 Å². The summed E-state index contributed by atoms with van der Waals surface area (Å²) in [6.45, 7) is 9.52. The molecule has 7 nitrogen and oxygen atoms in total. The second kappa shape index (κ2) is 8.84. The number of ether oxygens (including phenoxy) is 1. The molecule has 1 aliphatic rings. The quantitative estimate of drug-likeness (QED) is 0.637. The number of carbonyl (C=O) groups excluding carboxylic acids is 1. The first-order valence-electron chi connectivity index (χ1n) is 7.54. The number of carbonyl (C=O) groups is 2. The number of hydrogen-bond donors (Lipinski definition) is 3. The van der Waals surface area contributed by atoms with Crippen molar-refractivity contribution in [3.05, 3.63) is 0 Å². The second-order valence-electron chi connectivity index (χ2n) is 5.63. The predicted molar refractivity (Wildman–Crippen MR) is 79.3 cm³/mol. The number of hydrogen-bond acceptors (Lipinski definition) is 4. The molecule has 1 unspecified atom stereocenters. The normalized spacial score (nSPS) is 20.3. The minimum atomic E-state index is -1.000. The Kier molecular flexibility index (Phi) is 7.45. The Morgan fingerprint density at radius 2 is 1.86 bits per heavy atom. The number of nitrogens with one attached hydrogen (secondary N) is 2. The molecular weight excluding hydrogens is 274 g/mol. The van der Waals surface area contributed by atoms with Gasteiger partial charge in [0.05, 0.1) is 13.2 Å². The summed E-state index contributed by atoms with van der Waals surface area (Å²) < 4.78 is 5.27. The van der Waals surface area contributed by atoms with Crippen LogP contribution in [-0.4, -0.2) is 66.9 Å². The highest BCUT2D eigenvalue weighted by Crippen LogP contribution is 2.07. The molecule has 1 saturated heterocycles. The molecule has 0 bridgehead atoms. The third-order valence-corrected chi connectivity index (χ3v) is 3.78. The summed E-state index contributed by atoms with van der Waals surface area (Å²) in [5, 5.41) is 14.5. The number of morpholine rings is 1. The van der Waals surface area contributed by atoms with Gasteiger partial charge in [0.2, 0.25) is 0 Å². The first-order valence-corrected chi connectivity index (χ1v) is 7.54. The third kappa shape index (κ3) is 6.31. The fraction of sp³-hybridized carbons (Fsp3) is 0.857. The van der Waals surface area contributed by atoms with Crippen molar-refractivity contribution >= 4 is 12.0 Å². The lowest BCUT2D eigenvalue weighted by Gasteiger charge is -2.29. The van der Waals surface area contributed by atoms with Crippen molar-refractivity contribution in [3.63, 3.8) is 0 Å². The summed E-state index contributed by atoms with van der Waals surface area (Å²) in [6.07, 6.45) is 0.695. The molecule has 21 heavy (non-hydrogen) atoms. The minimum Gasteiger partial charge on any atom is -0.480 e. The number of carboxylic acids is 1. The summed E-state index contributed by atoms with van der Waals surface area (Å²) in [6, 6.07) is -1.33. The molecule has 0 aliphatic carbocycles. The van der Waals surface area contributed by atoms with Gasteiger partial charge in [-0.15, -0.1) is 0 Å². The van der Waals surface area contributed by atoms with Crippen LogP contribution in [0.4, 0.5) is 4.79 Å². The number of nitrogens with zero attached hydrogens (tertiary/aromatic N) is 1. The largest absolute Gasteiger partial charge is 0.480 e. The van der Waals surface area contributed by atoms with E-state index in [1.807, 2.05) is 20.8 Å². The van der Waals surface area contributed by atoms with Gasteiger partial charge in [0, 0.05) is 25.7 Å². The van der Waals surface area contributed by atoms with Crippen molar-refractivity contribution < 1.29 is 19.4 Å². The number of urea groups is 1. The molecule has 3 N–H and O–H groups in total. The van der Waals surface area contributed by atoms with Gasteiger partial charge < -0.3 is 20.5 Å². The van der Waals surface area contributed by atoms with Crippen LogP contribution in [0.2, 0.25) is 0 Å². The van der Waals surface area contributed by atoms with Crippen LogP contribution >= 0.6 is 0 Å². The van der Waals surface area contributed by atoms with E-state index in [4.69, 9.17) is 9.84 Å². The van der Waals surface area contributed by atoms with E-state index in [1.54, 1.807) is 0 Å². The monoisotopic (exact) mass is 301 g/mol. The molecule has 7 heteroatoms. The average molecular weight is 301 g/mol. The van der Waals surface area contributed by atoms with Gasteiger partial charge in [-0.05, 0) is 12.8 Å². The van der Waals surface area contributed by atoms with Gasteiger partial charge in [-0.1, -0.05) is 20.3 Å². The average Bonchev–Trinajstić information content (AvgIpc) is 2.44. The first kappa shape index (κ1) is 17.7. The van der Waals surface area contributed by atoms with Crippen molar-refractivity contribution in [3.8, 4) is 0 Å². The molecule has 0 spiro atoms. The maximum Gasteiger partial charge on any atom is 0.326 e. The van der Waals surface area contributed by atoms with E-state index in [9.17, 15) is 9.59 Å². The molecule has 122 valence electrons. The molecular formula is C14H27N3O4. The lowest BCUT2D eigenvalue weighted by Crippen LogP contribution is -2.53. The number of aliphatic carboxylic acids is 1. The number of carboxylic acid groups (broad SMARTS) is 1. The molecule has 1 heterocycles. The van der Waals surface area contributed by atoms with Crippen LogP contribution < -0.4 is 10.6 Å². The van der Waals surface area contributed by atoms with Crippen LogP contribution in [-0.2, 0) is 9.53 Å². The smallest absolute Gasteiger partial charge is 0.326 e. The predicted octanol–water partition coefficient (Wildman–Crippen LogP) is 0.506.